The summed E-state index contributed by atoms with van der Waals surface area (Å²) in [5, 5.41) is 0. The minimum Gasteiger partial charge on any atom is -0.490 e. The molecule has 0 aromatic heterocycles. The van der Waals surface area contributed by atoms with Crippen LogP contribution in [0.5, 0.6) is 11.5 Å². The number of rotatable bonds is 9. The Labute approximate surface area is 189 Å². The van der Waals surface area contributed by atoms with E-state index >= 15 is 0 Å². The molecule has 0 aliphatic carbocycles. The van der Waals surface area contributed by atoms with Crippen LogP contribution >= 0.6 is 0 Å². The van der Waals surface area contributed by atoms with Gasteiger partial charge in [0.25, 0.3) is 0 Å². The summed E-state index contributed by atoms with van der Waals surface area (Å²) in [6.07, 6.45) is 0. The SMILES string of the molecule is NC(c1ccccc1)c1ccc(OCCOc2ccc(C(N)c3ccccc3)cc2)cc1. The van der Waals surface area contributed by atoms with E-state index in [1.54, 1.807) is 0 Å². The number of benzene rings is 4. The lowest BCUT2D eigenvalue weighted by Crippen LogP contribution is -2.12. The fourth-order valence-electron chi connectivity index (χ4n) is 3.57. The molecule has 4 nitrogen and oxygen atoms in total. The number of hydrogen-bond acceptors (Lipinski definition) is 4. The van der Waals surface area contributed by atoms with Crippen molar-refractivity contribution >= 4 is 0 Å². The zero-order valence-corrected chi connectivity index (χ0v) is 17.9. The van der Waals surface area contributed by atoms with Gasteiger partial charge in [-0.3, -0.25) is 0 Å². The number of ether oxygens (including phenoxy) is 2. The van der Waals surface area contributed by atoms with Crippen LogP contribution in [0.15, 0.2) is 109 Å². The predicted octanol–water partition coefficient (Wildman–Crippen LogP) is 5.24. The van der Waals surface area contributed by atoms with Gasteiger partial charge in [-0.1, -0.05) is 84.9 Å². The fraction of sp³-hybridized carbons (Fsp3) is 0.143. The van der Waals surface area contributed by atoms with Gasteiger partial charge in [0.1, 0.15) is 24.7 Å². The molecule has 0 bridgehead atoms. The maximum atomic E-state index is 6.35. The number of hydrogen-bond donors (Lipinski definition) is 2. The van der Waals surface area contributed by atoms with E-state index in [0.717, 1.165) is 33.8 Å². The third-order valence-corrected chi connectivity index (χ3v) is 5.42. The zero-order valence-electron chi connectivity index (χ0n) is 17.9. The molecule has 4 aromatic rings. The second-order valence-corrected chi connectivity index (χ2v) is 7.61. The molecule has 0 saturated heterocycles. The van der Waals surface area contributed by atoms with Crippen LogP contribution in [0.1, 0.15) is 34.3 Å². The van der Waals surface area contributed by atoms with Crippen LogP contribution in [-0.2, 0) is 0 Å². The van der Waals surface area contributed by atoms with E-state index in [2.05, 4.69) is 0 Å². The first kappa shape index (κ1) is 21.6. The van der Waals surface area contributed by atoms with Gasteiger partial charge in [-0.2, -0.15) is 0 Å². The molecule has 162 valence electrons. The Morgan fingerprint density at radius 3 is 1.09 bits per heavy atom. The molecule has 4 rings (SSSR count). The van der Waals surface area contributed by atoms with Gasteiger partial charge >= 0.3 is 0 Å². The summed E-state index contributed by atoms with van der Waals surface area (Å²) in [5.74, 6) is 1.59. The molecule has 2 unspecified atom stereocenters. The van der Waals surface area contributed by atoms with Crippen molar-refractivity contribution in [2.24, 2.45) is 11.5 Å². The molecular formula is C28H28N2O2. The molecule has 0 saturated carbocycles. The Kier molecular flexibility index (Phi) is 7.18. The summed E-state index contributed by atoms with van der Waals surface area (Å²) >= 11 is 0. The summed E-state index contributed by atoms with van der Waals surface area (Å²) in [5.41, 5.74) is 17.0. The average molecular weight is 425 g/mol. The van der Waals surface area contributed by atoms with Crippen molar-refractivity contribution < 1.29 is 9.47 Å². The van der Waals surface area contributed by atoms with Gasteiger partial charge in [-0.05, 0) is 46.5 Å². The van der Waals surface area contributed by atoms with Gasteiger partial charge in [-0.25, -0.2) is 0 Å². The van der Waals surface area contributed by atoms with Crippen LogP contribution in [0, 0.1) is 0 Å². The Morgan fingerprint density at radius 2 is 0.750 bits per heavy atom. The summed E-state index contributed by atoms with van der Waals surface area (Å²) in [7, 11) is 0. The van der Waals surface area contributed by atoms with Crippen LogP contribution in [0.4, 0.5) is 0 Å². The van der Waals surface area contributed by atoms with E-state index in [-0.39, 0.29) is 12.1 Å². The lowest BCUT2D eigenvalue weighted by molar-refractivity contribution is 0.217. The summed E-state index contributed by atoms with van der Waals surface area (Å²) in [6.45, 7) is 0.907. The molecule has 0 radical (unpaired) electrons. The normalized spacial score (nSPS) is 12.7. The van der Waals surface area contributed by atoms with Gasteiger partial charge in [0.15, 0.2) is 0 Å². The predicted molar refractivity (Wildman–Crippen MR) is 129 cm³/mol. The molecular weight excluding hydrogens is 396 g/mol. The maximum Gasteiger partial charge on any atom is 0.122 e. The van der Waals surface area contributed by atoms with Crippen molar-refractivity contribution in [2.75, 3.05) is 13.2 Å². The maximum absolute atomic E-state index is 6.35. The molecule has 0 amide bonds. The highest BCUT2D eigenvalue weighted by molar-refractivity contribution is 5.36. The highest BCUT2D eigenvalue weighted by atomic mass is 16.5. The van der Waals surface area contributed by atoms with E-state index in [9.17, 15) is 0 Å². The lowest BCUT2D eigenvalue weighted by atomic mass is 10.00. The minimum atomic E-state index is -0.147. The summed E-state index contributed by atoms with van der Waals surface area (Å²) < 4.78 is 11.6. The Morgan fingerprint density at radius 1 is 0.438 bits per heavy atom. The van der Waals surface area contributed by atoms with Crippen molar-refractivity contribution in [1.29, 1.82) is 0 Å². The average Bonchev–Trinajstić information content (AvgIpc) is 2.87. The molecule has 0 heterocycles. The monoisotopic (exact) mass is 424 g/mol. The Hall–Kier alpha value is -3.60. The zero-order chi connectivity index (χ0) is 22.2. The van der Waals surface area contributed by atoms with E-state index in [0.29, 0.717) is 13.2 Å². The van der Waals surface area contributed by atoms with Crippen molar-refractivity contribution in [3.63, 3.8) is 0 Å². The lowest BCUT2D eigenvalue weighted by Gasteiger charge is -2.14. The molecule has 2 atom stereocenters. The highest BCUT2D eigenvalue weighted by Crippen LogP contribution is 2.23. The quantitative estimate of drug-likeness (QED) is 0.361. The molecule has 0 aliphatic heterocycles. The minimum absolute atomic E-state index is 0.147. The molecule has 4 heteroatoms. The standard InChI is InChI=1S/C28H28N2O2/c29-27(21-7-3-1-4-8-21)23-11-15-25(16-12-23)31-19-20-32-26-17-13-24(14-18-26)28(30)22-9-5-2-6-10-22/h1-18,27-28H,19-20,29-30H2. The third kappa shape index (κ3) is 5.55. The second kappa shape index (κ2) is 10.6. The molecule has 4 aromatic carbocycles. The summed E-state index contributed by atoms with van der Waals surface area (Å²) in [4.78, 5) is 0. The molecule has 32 heavy (non-hydrogen) atoms. The van der Waals surface area contributed by atoms with Gasteiger partial charge in [-0.15, -0.1) is 0 Å². The fourth-order valence-corrected chi connectivity index (χ4v) is 3.57. The van der Waals surface area contributed by atoms with Crippen LogP contribution in [0.2, 0.25) is 0 Å². The van der Waals surface area contributed by atoms with Crippen molar-refractivity contribution in [2.45, 2.75) is 12.1 Å². The van der Waals surface area contributed by atoms with E-state index in [4.69, 9.17) is 20.9 Å². The smallest absolute Gasteiger partial charge is 0.122 e. The third-order valence-electron chi connectivity index (χ3n) is 5.42. The van der Waals surface area contributed by atoms with Gasteiger partial charge < -0.3 is 20.9 Å². The van der Waals surface area contributed by atoms with Crippen LogP contribution in [-0.4, -0.2) is 13.2 Å². The topological polar surface area (TPSA) is 70.5 Å². The van der Waals surface area contributed by atoms with E-state index in [1.165, 1.54) is 0 Å². The van der Waals surface area contributed by atoms with Crippen LogP contribution < -0.4 is 20.9 Å². The van der Waals surface area contributed by atoms with Crippen molar-refractivity contribution in [1.82, 2.24) is 0 Å². The first-order valence-corrected chi connectivity index (χ1v) is 10.8. The highest BCUT2D eigenvalue weighted by Gasteiger charge is 2.09. The molecule has 0 fully saturated rings. The van der Waals surface area contributed by atoms with Gasteiger partial charge in [0.05, 0.1) is 12.1 Å². The van der Waals surface area contributed by atoms with Gasteiger partial charge in [0, 0.05) is 0 Å². The molecule has 4 N–H and O–H groups in total. The van der Waals surface area contributed by atoms with Gasteiger partial charge in [0.2, 0.25) is 0 Å². The number of nitrogens with two attached hydrogens (primary N) is 2. The van der Waals surface area contributed by atoms with Crippen LogP contribution in [0.3, 0.4) is 0 Å². The van der Waals surface area contributed by atoms with Crippen molar-refractivity contribution in [3.8, 4) is 11.5 Å². The summed E-state index contributed by atoms with van der Waals surface area (Å²) in [6, 6.07) is 35.6. The van der Waals surface area contributed by atoms with Crippen molar-refractivity contribution in [3.05, 3.63) is 131 Å². The van der Waals surface area contributed by atoms with Crippen LogP contribution in [0.25, 0.3) is 0 Å². The van der Waals surface area contributed by atoms with E-state index in [1.807, 2.05) is 109 Å². The molecule has 0 aliphatic rings. The Bertz CT molecular complexity index is 991. The Balaban J connectivity index is 1.24. The first-order chi connectivity index (χ1) is 15.7. The van der Waals surface area contributed by atoms with E-state index < -0.39 is 0 Å². The second-order valence-electron chi connectivity index (χ2n) is 7.61. The first-order valence-electron chi connectivity index (χ1n) is 10.8. The largest absolute Gasteiger partial charge is 0.490 e. The molecule has 0 spiro atoms.